The zero-order chi connectivity index (χ0) is 28.7. The van der Waals surface area contributed by atoms with E-state index >= 15 is 0 Å². The molecule has 1 saturated heterocycles. The molecule has 1 heterocycles. The lowest BCUT2D eigenvalue weighted by Crippen LogP contribution is -2.43. The second kappa shape index (κ2) is 13.1. The van der Waals surface area contributed by atoms with Gasteiger partial charge in [0.1, 0.15) is 12.7 Å². The van der Waals surface area contributed by atoms with Gasteiger partial charge in [0.25, 0.3) is 3.79 Å². The van der Waals surface area contributed by atoms with Crippen LogP contribution in [-0.2, 0) is 23.7 Å². The first-order valence-electron chi connectivity index (χ1n) is 11.9. The van der Waals surface area contributed by atoms with E-state index in [1.165, 1.54) is 24.3 Å². The minimum Gasteiger partial charge on any atom is -0.459 e. The van der Waals surface area contributed by atoms with Crippen LogP contribution in [0.2, 0.25) is 0 Å². The summed E-state index contributed by atoms with van der Waals surface area (Å²) in [7, 11) is 0. The summed E-state index contributed by atoms with van der Waals surface area (Å²) in [5, 5.41) is 8.00. The van der Waals surface area contributed by atoms with Crippen LogP contribution in [0.4, 0.5) is 0 Å². The summed E-state index contributed by atoms with van der Waals surface area (Å²) in [5.41, 5.74) is 0.662. The summed E-state index contributed by atoms with van der Waals surface area (Å²) < 4.78 is 25.8. The Morgan fingerprint density at radius 2 is 1.10 bits per heavy atom. The van der Waals surface area contributed by atoms with Gasteiger partial charge in [0.2, 0.25) is 18.3 Å². The molecule has 40 heavy (non-hydrogen) atoms. The van der Waals surface area contributed by atoms with Crippen LogP contribution in [-0.4, -0.2) is 58.8 Å². The molecule has 0 saturated carbocycles. The molecule has 4 atom stereocenters. The van der Waals surface area contributed by atoms with Crippen molar-refractivity contribution in [3.8, 4) is 0 Å². The van der Waals surface area contributed by atoms with Crippen molar-refractivity contribution in [2.75, 3.05) is 6.61 Å². The van der Waals surface area contributed by atoms with Crippen molar-refractivity contribution in [3.63, 3.8) is 0 Å². The van der Waals surface area contributed by atoms with E-state index in [4.69, 9.17) is 63.9 Å². The molecule has 3 aromatic carbocycles. The number of hydrogen-bond donors (Lipinski definition) is 1. The highest BCUT2D eigenvalue weighted by molar-refractivity contribution is 6.76. The standard InChI is InChI=1S/C28H22Cl3NO8/c29-28(30,31)27(32)40-26-22(39-25(35)19-14-8-3-9-15-19)21(38-24(34)18-12-6-2-7-13-18)20(37-26)16-36-23(33)17-10-4-1-5-11-17/h1-15,20-22,26,32H,16H2/t20-,21?,22-,26-/m0/s1. The molecule has 1 aliphatic rings. The normalized spacial score (nSPS) is 20.3. The molecule has 1 fully saturated rings. The van der Waals surface area contributed by atoms with E-state index in [0.717, 1.165) is 0 Å². The van der Waals surface area contributed by atoms with Crippen molar-refractivity contribution >= 4 is 58.6 Å². The minimum atomic E-state index is -2.27. The first-order valence-corrected chi connectivity index (χ1v) is 13.0. The molecule has 9 nitrogen and oxygen atoms in total. The number of benzene rings is 3. The van der Waals surface area contributed by atoms with Crippen LogP contribution in [0.3, 0.4) is 0 Å². The second-order valence-electron chi connectivity index (χ2n) is 8.42. The largest absolute Gasteiger partial charge is 0.459 e. The van der Waals surface area contributed by atoms with E-state index < -0.39 is 58.8 Å². The van der Waals surface area contributed by atoms with Gasteiger partial charge < -0.3 is 23.7 Å². The third-order valence-electron chi connectivity index (χ3n) is 5.65. The lowest BCUT2D eigenvalue weighted by Gasteiger charge is -2.25. The third kappa shape index (κ3) is 7.51. The Kier molecular flexibility index (Phi) is 9.65. The Morgan fingerprint density at radius 3 is 1.55 bits per heavy atom. The number of ether oxygens (including phenoxy) is 5. The molecule has 4 rings (SSSR count). The number of nitrogens with one attached hydrogen (secondary N) is 1. The van der Waals surface area contributed by atoms with Gasteiger partial charge in [0.15, 0.2) is 6.10 Å². The molecule has 0 aromatic heterocycles. The Bertz CT molecular complexity index is 1340. The van der Waals surface area contributed by atoms with E-state index in [9.17, 15) is 14.4 Å². The van der Waals surface area contributed by atoms with Crippen molar-refractivity contribution in [2.24, 2.45) is 0 Å². The first kappa shape index (κ1) is 29.4. The SMILES string of the molecule is N=C(O[C@@H]1O[C@@H](COC(=O)c2ccccc2)C(OC(=O)c2ccccc2)[C@@H]1OC(=O)c1ccccc1)C(Cl)(Cl)Cl. The highest BCUT2D eigenvalue weighted by Gasteiger charge is 2.53. The third-order valence-corrected chi connectivity index (χ3v) is 6.17. The van der Waals surface area contributed by atoms with Crippen molar-refractivity contribution in [1.82, 2.24) is 0 Å². The Morgan fingerprint density at radius 1 is 0.675 bits per heavy atom. The summed E-state index contributed by atoms with van der Waals surface area (Å²) >= 11 is 17.3. The molecule has 0 bridgehead atoms. The van der Waals surface area contributed by atoms with Crippen LogP contribution in [0.1, 0.15) is 31.1 Å². The molecule has 0 spiro atoms. The van der Waals surface area contributed by atoms with Crippen molar-refractivity contribution in [3.05, 3.63) is 108 Å². The zero-order valence-corrected chi connectivity index (χ0v) is 22.8. The maximum Gasteiger partial charge on any atom is 0.338 e. The highest BCUT2D eigenvalue weighted by Crippen LogP contribution is 2.34. The average Bonchev–Trinajstić information content (AvgIpc) is 3.27. The monoisotopic (exact) mass is 605 g/mol. The van der Waals surface area contributed by atoms with E-state index in [2.05, 4.69) is 0 Å². The molecule has 208 valence electrons. The molecule has 0 aliphatic carbocycles. The molecule has 1 aliphatic heterocycles. The molecular formula is C28H22Cl3NO8. The van der Waals surface area contributed by atoms with Crippen molar-refractivity contribution < 1.29 is 38.1 Å². The number of carbonyl (C=O) groups excluding carboxylic acids is 3. The molecule has 3 aromatic rings. The maximum absolute atomic E-state index is 13.0. The van der Waals surface area contributed by atoms with Crippen molar-refractivity contribution in [2.45, 2.75) is 28.4 Å². The summed E-state index contributed by atoms with van der Waals surface area (Å²) in [5.74, 6) is -3.08. The van der Waals surface area contributed by atoms with Crippen LogP contribution in [0.15, 0.2) is 91.0 Å². The van der Waals surface area contributed by atoms with Gasteiger partial charge in [0.05, 0.1) is 16.7 Å². The fraction of sp³-hybridized carbons (Fsp3) is 0.214. The van der Waals surface area contributed by atoms with Gasteiger partial charge in [-0.2, -0.15) is 0 Å². The van der Waals surface area contributed by atoms with Gasteiger partial charge in [-0.05, 0) is 36.4 Å². The lowest BCUT2D eigenvalue weighted by molar-refractivity contribution is -0.128. The van der Waals surface area contributed by atoms with Crippen molar-refractivity contribution in [1.29, 1.82) is 5.41 Å². The topological polar surface area (TPSA) is 121 Å². The van der Waals surface area contributed by atoms with Crippen LogP contribution in [0, 0.1) is 5.41 Å². The van der Waals surface area contributed by atoms with Crippen LogP contribution in [0.5, 0.6) is 0 Å². The van der Waals surface area contributed by atoms with Crippen LogP contribution in [0.25, 0.3) is 0 Å². The number of alkyl halides is 3. The fourth-order valence-corrected chi connectivity index (χ4v) is 3.85. The fourth-order valence-electron chi connectivity index (χ4n) is 3.72. The number of rotatable bonds is 8. The Labute approximate surface area is 244 Å². The number of hydrogen-bond acceptors (Lipinski definition) is 9. The summed E-state index contributed by atoms with van der Waals surface area (Å²) in [4.78, 5) is 38.6. The Balaban J connectivity index is 1.63. The van der Waals surface area contributed by atoms with Gasteiger partial charge in [-0.15, -0.1) is 0 Å². The highest BCUT2D eigenvalue weighted by atomic mass is 35.6. The molecule has 0 radical (unpaired) electrons. The summed E-state index contributed by atoms with van der Waals surface area (Å²) in [6.45, 7) is -0.430. The summed E-state index contributed by atoms with van der Waals surface area (Å²) in [6, 6.07) is 24.3. The maximum atomic E-state index is 13.0. The second-order valence-corrected chi connectivity index (χ2v) is 10.7. The minimum absolute atomic E-state index is 0.185. The molecule has 1 N–H and O–H groups in total. The van der Waals surface area contributed by atoms with Gasteiger partial charge in [-0.25, -0.2) is 14.4 Å². The number of halogens is 3. The predicted molar refractivity (Wildman–Crippen MR) is 146 cm³/mol. The quantitative estimate of drug-likeness (QED) is 0.119. The van der Waals surface area contributed by atoms with E-state index in [-0.39, 0.29) is 16.7 Å². The van der Waals surface area contributed by atoms with Gasteiger partial charge in [-0.1, -0.05) is 89.4 Å². The molecule has 0 amide bonds. The van der Waals surface area contributed by atoms with Crippen LogP contribution >= 0.6 is 34.8 Å². The summed E-state index contributed by atoms with van der Waals surface area (Å²) in [6.07, 6.45) is -5.56. The molecule has 12 heteroatoms. The van der Waals surface area contributed by atoms with E-state index in [1.807, 2.05) is 0 Å². The number of esters is 3. The smallest absolute Gasteiger partial charge is 0.338 e. The van der Waals surface area contributed by atoms with E-state index in [1.54, 1.807) is 66.7 Å². The molecule has 1 unspecified atom stereocenters. The van der Waals surface area contributed by atoms with E-state index in [0.29, 0.717) is 0 Å². The predicted octanol–water partition coefficient (Wildman–Crippen LogP) is 5.38. The average molecular weight is 607 g/mol. The van der Waals surface area contributed by atoms with Gasteiger partial charge in [0, 0.05) is 0 Å². The van der Waals surface area contributed by atoms with Gasteiger partial charge in [-0.3, -0.25) is 5.41 Å². The lowest BCUT2D eigenvalue weighted by atomic mass is 10.1. The number of carbonyl (C=O) groups is 3. The Hall–Kier alpha value is -3.63. The van der Waals surface area contributed by atoms with Gasteiger partial charge >= 0.3 is 17.9 Å². The first-order chi connectivity index (χ1) is 19.1. The zero-order valence-electron chi connectivity index (χ0n) is 20.6. The van der Waals surface area contributed by atoms with Crippen LogP contribution < -0.4 is 0 Å². The molecular weight excluding hydrogens is 585 g/mol.